The molecule has 15 atom stereocenters. The van der Waals surface area contributed by atoms with E-state index in [-0.39, 0.29) is 98.4 Å². The van der Waals surface area contributed by atoms with Crippen molar-refractivity contribution in [2.24, 2.45) is 47.2 Å². The highest BCUT2D eigenvalue weighted by molar-refractivity contribution is 7.98. The molecule has 0 saturated carbocycles. The number of nitrogens with one attached hydrogen (secondary N) is 14. The average molecular weight is 1570 g/mol. The molecule has 34 nitrogen and oxygen atoms in total. The van der Waals surface area contributed by atoms with Crippen LogP contribution in [0.2, 0.25) is 0 Å². The second kappa shape index (κ2) is 51.3. The number of carboxylic acids is 1. The Morgan fingerprint density at radius 1 is 0.340 bits per heavy atom. The molecule has 608 valence electrons. The van der Waals surface area contributed by atoms with Crippen molar-refractivity contribution in [3.63, 3.8) is 0 Å². The minimum absolute atomic E-state index is 0.0181. The Balaban J connectivity index is 6.48. The molecular formula is C69H125N15O19S3. The summed E-state index contributed by atoms with van der Waals surface area (Å²) in [6.45, 7) is 24.5. The van der Waals surface area contributed by atoms with Gasteiger partial charge in [0.15, 0.2) is 0 Å². The Bertz CT molecular complexity index is 2870. The van der Waals surface area contributed by atoms with Gasteiger partial charge in [-0.25, -0.2) is 4.79 Å². The standard InChI is InChI=1S/C69H125N15O19S3/c1-33(2)23-44(75-61(94)46(25-35(5)6)76-58(91)43(20-22-106-18)74-68(101)55(41(16)87)84-56(89)40(15)70)57(90)71-29-53(88)72-45(24-34(3)4)60(93)77-48(27-37(9)10)63(96)83-54(39(13)14)67(100)81-51(31-86)65(98)82-52(32-104)66(99)73-42(19-21-105-17)59(92)80-50(30-85)64(97)78-47(26-36(7)8)62(95)79-49(69(102)103)28-38(11)12/h33-52,54-55,85-87,104H,19-32,70H2,1-18H3,(H,71,90)(H,72,88)(H,73,99)(H,74,101)(H,75,94)(H,76,91)(H,77,93)(H,78,97)(H,79,95)(H,80,92)(H,81,100)(H,82,98)(H,83,96)(H,84,89)(H,102,103)/t40-,41+,42-,43-,44-,45-,46-,47-,48-,49-,50-,51-,52-,54-,55-/m0/s1. The summed E-state index contributed by atoms with van der Waals surface area (Å²) in [4.78, 5) is 204. The normalized spacial score (nSPS) is 15.8. The van der Waals surface area contributed by atoms with Gasteiger partial charge in [-0.05, 0) is 131 Å². The molecule has 20 N–H and O–H groups in total. The summed E-state index contributed by atoms with van der Waals surface area (Å²) in [5.74, 6) is -14.9. The van der Waals surface area contributed by atoms with Crippen LogP contribution in [0.15, 0.2) is 0 Å². The van der Waals surface area contributed by atoms with Gasteiger partial charge in [-0.2, -0.15) is 36.2 Å². The molecule has 0 aromatic carbocycles. The molecule has 0 unspecified atom stereocenters. The summed E-state index contributed by atoms with van der Waals surface area (Å²) in [7, 11) is 0. The maximum Gasteiger partial charge on any atom is 0.326 e. The zero-order chi connectivity index (χ0) is 81.6. The van der Waals surface area contributed by atoms with Crippen molar-refractivity contribution in [2.75, 3.05) is 49.5 Å². The van der Waals surface area contributed by atoms with E-state index in [9.17, 15) is 92.3 Å². The molecule has 0 aliphatic carbocycles. The van der Waals surface area contributed by atoms with Gasteiger partial charge in [0, 0.05) is 5.75 Å². The zero-order valence-corrected chi connectivity index (χ0v) is 67.4. The molecule has 0 rings (SSSR count). The first kappa shape index (κ1) is 98.9. The fourth-order valence-electron chi connectivity index (χ4n) is 10.5. The van der Waals surface area contributed by atoms with E-state index in [1.807, 2.05) is 0 Å². The van der Waals surface area contributed by atoms with Gasteiger partial charge in [0.25, 0.3) is 0 Å². The summed E-state index contributed by atoms with van der Waals surface area (Å²) in [6.07, 6.45) is 2.57. The number of hydrogen-bond acceptors (Lipinski definition) is 22. The first-order valence-corrected chi connectivity index (χ1v) is 39.5. The van der Waals surface area contributed by atoms with Crippen LogP contribution in [0.4, 0.5) is 0 Å². The van der Waals surface area contributed by atoms with Crippen molar-refractivity contribution in [3.8, 4) is 0 Å². The molecule has 0 aromatic rings. The highest BCUT2D eigenvalue weighted by Gasteiger charge is 2.39. The molecule has 0 aromatic heterocycles. The van der Waals surface area contributed by atoms with Gasteiger partial charge >= 0.3 is 5.97 Å². The Morgan fingerprint density at radius 3 is 0.934 bits per heavy atom. The summed E-state index contributed by atoms with van der Waals surface area (Å²) in [5.41, 5.74) is 5.66. The third-order valence-electron chi connectivity index (χ3n) is 16.1. The number of aliphatic hydroxyl groups excluding tert-OH is 3. The van der Waals surface area contributed by atoms with Gasteiger partial charge in [-0.1, -0.05) is 96.9 Å². The van der Waals surface area contributed by atoms with E-state index in [1.54, 1.807) is 109 Å². The lowest BCUT2D eigenvalue weighted by Crippen LogP contribution is -2.62. The fraction of sp³-hybridized carbons (Fsp3) is 0.783. The predicted molar refractivity (Wildman–Crippen MR) is 407 cm³/mol. The number of aliphatic carboxylic acids is 1. The number of aliphatic hydroxyl groups is 3. The Kier molecular flexibility index (Phi) is 47.9. The molecule has 14 amide bonds. The minimum atomic E-state index is -1.75. The second-order valence-corrected chi connectivity index (χ2v) is 31.8. The lowest BCUT2D eigenvalue weighted by molar-refractivity contribution is -0.143. The van der Waals surface area contributed by atoms with Crippen molar-refractivity contribution in [1.29, 1.82) is 0 Å². The number of rotatable bonds is 52. The topological polar surface area (TPSA) is 531 Å². The van der Waals surface area contributed by atoms with Crippen LogP contribution >= 0.6 is 36.2 Å². The van der Waals surface area contributed by atoms with E-state index in [2.05, 4.69) is 87.1 Å². The predicted octanol–water partition coefficient (Wildman–Crippen LogP) is -2.43. The largest absolute Gasteiger partial charge is 0.480 e. The molecule has 0 saturated heterocycles. The molecule has 0 spiro atoms. The quantitative estimate of drug-likeness (QED) is 0.0282. The Labute approximate surface area is 638 Å². The first-order chi connectivity index (χ1) is 49.4. The summed E-state index contributed by atoms with van der Waals surface area (Å²) in [5, 5.41) is 76.2. The number of amides is 14. The van der Waals surface area contributed by atoms with Gasteiger partial charge in [-0.15, -0.1) is 0 Å². The molecular weight excluding hydrogens is 1440 g/mol. The summed E-state index contributed by atoms with van der Waals surface area (Å²) >= 11 is 6.90. The van der Waals surface area contributed by atoms with Crippen LogP contribution in [0, 0.1) is 41.4 Å². The minimum Gasteiger partial charge on any atom is -0.480 e. The van der Waals surface area contributed by atoms with Crippen LogP contribution in [0.1, 0.15) is 162 Å². The molecule has 0 bridgehead atoms. The number of carboxylic acid groups (broad SMARTS) is 1. The lowest BCUT2D eigenvalue weighted by Gasteiger charge is -2.29. The average Bonchev–Trinajstić information content (AvgIpc) is 0.856. The lowest BCUT2D eigenvalue weighted by atomic mass is 9.98. The number of carbonyl (C=O) groups excluding carboxylic acids is 14. The molecule has 106 heavy (non-hydrogen) atoms. The van der Waals surface area contributed by atoms with E-state index >= 15 is 0 Å². The van der Waals surface area contributed by atoms with Gasteiger partial charge in [0.1, 0.15) is 78.5 Å². The highest BCUT2D eigenvalue weighted by atomic mass is 32.2. The number of nitrogens with two attached hydrogens (primary N) is 1. The number of thiol groups is 1. The number of carbonyl (C=O) groups is 15. The van der Waals surface area contributed by atoms with Crippen molar-refractivity contribution in [3.05, 3.63) is 0 Å². The highest BCUT2D eigenvalue weighted by Crippen LogP contribution is 2.16. The van der Waals surface area contributed by atoms with Crippen LogP contribution in [-0.2, 0) is 71.9 Å². The second-order valence-electron chi connectivity index (χ2n) is 29.4. The van der Waals surface area contributed by atoms with E-state index in [1.165, 1.54) is 37.4 Å². The Hall–Kier alpha value is -7.06. The van der Waals surface area contributed by atoms with Crippen LogP contribution in [0.25, 0.3) is 0 Å². The molecule has 0 fully saturated rings. The molecule has 0 aliphatic rings. The van der Waals surface area contributed by atoms with E-state index in [0.29, 0.717) is 5.75 Å². The zero-order valence-electron chi connectivity index (χ0n) is 64.9. The number of hydrogen-bond donors (Lipinski definition) is 20. The van der Waals surface area contributed by atoms with Gasteiger partial charge in [-0.3, -0.25) is 67.1 Å². The third-order valence-corrected chi connectivity index (χ3v) is 17.8. The van der Waals surface area contributed by atoms with E-state index in [4.69, 9.17) is 5.73 Å². The van der Waals surface area contributed by atoms with Crippen molar-refractivity contribution in [2.45, 2.75) is 253 Å². The number of thioether (sulfide) groups is 2. The van der Waals surface area contributed by atoms with Crippen LogP contribution in [0.3, 0.4) is 0 Å². The fourth-order valence-corrected chi connectivity index (χ4v) is 11.7. The van der Waals surface area contributed by atoms with E-state index in [0.717, 1.165) is 0 Å². The molecule has 0 heterocycles. The third kappa shape index (κ3) is 38.7. The molecule has 0 radical (unpaired) electrons. The first-order valence-electron chi connectivity index (χ1n) is 36.1. The van der Waals surface area contributed by atoms with Crippen LogP contribution < -0.4 is 80.2 Å². The maximum atomic E-state index is 14.3. The van der Waals surface area contributed by atoms with Crippen LogP contribution in [-0.4, -0.2) is 249 Å². The maximum absolute atomic E-state index is 14.3. The molecule has 0 aliphatic heterocycles. The van der Waals surface area contributed by atoms with Gasteiger partial charge in [0.2, 0.25) is 82.7 Å². The summed E-state index contributed by atoms with van der Waals surface area (Å²) < 4.78 is 0. The summed E-state index contributed by atoms with van der Waals surface area (Å²) in [6, 6.07) is -19.0. The van der Waals surface area contributed by atoms with Gasteiger partial charge in [0.05, 0.1) is 31.9 Å². The SMILES string of the molecule is CSCC[C@H](NC(=O)[C@H](CS)NC(=O)[C@H](CO)NC(=O)[C@@H](NC(=O)[C@H](CC(C)C)NC(=O)[C@H](CC(C)C)NC(=O)CNC(=O)[C@H](CC(C)C)NC(=O)[C@H](CC(C)C)NC(=O)[C@H](CCSC)NC(=O)[C@@H](NC(=O)[C@H](C)N)[C@@H](C)O)C(C)C)C(=O)N[C@@H](CO)C(=O)N[C@@H](CC(C)C)C(=O)N[C@@H](CC(C)C)C(=O)O. The molecule has 37 heteroatoms. The smallest absolute Gasteiger partial charge is 0.326 e. The van der Waals surface area contributed by atoms with Crippen molar-refractivity contribution >= 4 is 125 Å². The van der Waals surface area contributed by atoms with Crippen molar-refractivity contribution in [1.82, 2.24) is 74.4 Å². The van der Waals surface area contributed by atoms with Crippen molar-refractivity contribution < 1.29 is 92.3 Å². The monoisotopic (exact) mass is 1560 g/mol. The van der Waals surface area contributed by atoms with Gasteiger partial charge < -0.3 is 101 Å². The Morgan fingerprint density at radius 2 is 0.604 bits per heavy atom. The van der Waals surface area contributed by atoms with Crippen LogP contribution in [0.5, 0.6) is 0 Å². The van der Waals surface area contributed by atoms with E-state index < -0.39 is 205 Å².